The van der Waals surface area contributed by atoms with Crippen LogP contribution in [0.4, 0.5) is 0 Å². The van der Waals surface area contributed by atoms with E-state index in [1.165, 1.54) is 18.3 Å². The van der Waals surface area contributed by atoms with E-state index in [9.17, 15) is 9.59 Å². The third kappa shape index (κ3) is 3.41. The first-order chi connectivity index (χ1) is 5.63. The van der Waals surface area contributed by atoms with Crippen molar-refractivity contribution in [2.45, 2.75) is 0 Å². The van der Waals surface area contributed by atoms with Crippen LogP contribution in [0.1, 0.15) is 22.3 Å². The predicted molar refractivity (Wildman–Crippen MR) is 39.3 cm³/mol. The topological polar surface area (TPSA) is 87.5 Å². The van der Waals surface area contributed by atoms with Crippen molar-refractivity contribution in [1.82, 2.24) is 4.98 Å². The van der Waals surface area contributed by atoms with E-state index >= 15 is 0 Å². The van der Waals surface area contributed by atoms with E-state index in [1.54, 1.807) is 0 Å². The molecule has 0 aliphatic carbocycles. The first-order valence-corrected chi connectivity index (χ1v) is 3.04. The Morgan fingerprint density at radius 3 is 2.31 bits per heavy atom. The van der Waals surface area contributed by atoms with Gasteiger partial charge in [0.25, 0.3) is 0 Å². The zero-order valence-corrected chi connectivity index (χ0v) is 13.2. The molecule has 64 valence electrons. The minimum atomic E-state index is -1.34. The molecule has 0 fully saturated rings. The van der Waals surface area contributed by atoms with Crippen molar-refractivity contribution in [3.8, 4) is 0 Å². The summed E-state index contributed by atoms with van der Waals surface area (Å²) in [4.78, 5) is 24.2. The van der Waals surface area contributed by atoms with Crippen molar-refractivity contribution in [2.24, 2.45) is 0 Å². The van der Waals surface area contributed by atoms with Gasteiger partial charge in [0.1, 0.15) is 0 Å². The molecule has 5 nitrogen and oxygen atoms in total. The molecule has 1 aromatic heterocycles. The van der Waals surface area contributed by atoms with E-state index in [-0.39, 0.29) is 75.9 Å². The minimum Gasteiger partial charge on any atom is -1.00 e. The van der Waals surface area contributed by atoms with E-state index in [1.807, 2.05) is 0 Å². The van der Waals surface area contributed by atoms with Crippen LogP contribution < -0.4 is 68.9 Å². The van der Waals surface area contributed by atoms with Crippen LogP contribution >= 0.6 is 0 Å². The Morgan fingerprint density at radius 2 is 1.92 bits per heavy atom. The maximum Gasteiger partial charge on any atom is 1.00 e. The van der Waals surface area contributed by atoms with E-state index in [0.717, 1.165) is 0 Å². The first-order valence-electron chi connectivity index (χ1n) is 3.04. The summed E-state index contributed by atoms with van der Waals surface area (Å²) in [6, 6.07) is 2.56. The van der Waals surface area contributed by atoms with Gasteiger partial charge >= 0.3 is 80.8 Å². The van der Waals surface area contributed by atoms with Crippen LogP contribution in [-0.4, -0.2) is 27.1 Å². The monoisotopic (exact) mass is 301 g/mol. The van der Waals surface area contributed by atoms with Crippen LogP contribution in [0.3, 0.4) is 0 Å². The number of hydrogen-bond acceptors (Lipinski definition) is 3. The van der Waals surface area contributed by atoms with Gasteiger partial charge in [-0.2, -0.15) is 0 Å². The molecule has 0 saturated heterocycles. The Hall–Kier alpha value is 0.142. The van der Waals surface area contributed by atoms with E-state index in [2.05, 4.69) is 4.98 Å². The fraction of sp³-hybridized carbons (Fsp3) is 0. The number of carbonyl (C=O) groups is 2. The maximum absolute atomic E-state index is 10.4. The van der Waals surface area contributed by atoms with Gasteiger partial charge < -0.3 is 11.6 Å². The summed E-state index contributed by atoms with van der Waals surface area (Å²) in [5.41, 5.74) is -0.741. The molecule has 0 radical (unpaired) electrons. The number of hydrogen-bond donors (Lipinski definition) is 2. The normalized spacial score (nSPS) is 8.62. The zero-order valence-electron chi connectivity index (χ0n) is 7.89. The summed E-state index contributed by atoms with van der Waals surface area (Å²) >= 11 is 0. The fourth-order valence-electron chi connectivity index (χ4n) is 0.748. The van der Waals surface area contributed by atoms with E-state index < -0.39 is 17.6 Å². The van der Waals surface area contributed by atoms with Gasteiger partial charge in [0.05, 0.1) is 5.56 Å². The Bertz CT molecular complexity index is 311. The second-order valence-corrected chi connectivity index (χ2v) is 2.01. The molecule has 1 aromatic rings. The van der Waals surface area contributed by atoms with Crippen LogP contribution in [0, 0.1) is 0 Å². The number of aromatic nitrogens is 1. The molecule has 0 spiro atoms. The number of pyridine rings is 1. The van der Waals surface area contributed by atoms with Crippen LogP contribution in [0.15, 0.2) is 18.3 Å². The Morgan fingerprint density at radius 1 is 1.31 bits per heavy atom. The molecular formula is C7H6CsNO4. The molecule has 2 N–H and O–H groups in total. The molecule has 1 rings (SSSR count). The molecule has 13 heavy (non-hydrogen) atoms. The molecule has 0 aromatic carbocycles. The van der Waals surface area contributed by atoms with Crippen LogP contribution in [0.5, 0.6) is 0 Å². The third-order valence-corrected chi connectivity index (χ3v) is 1.24. The molecule has 0 saturated carbocycles. The van der Waals surface area contributed by atoms with Crippen molar-refractivity contribution >= 4 is 11.9 Å². The van der Waals surface area contributed by atoms with Gasteiger partial charge in [0, 0.05) is 6.20 Å². The smallest absolute Gasteiger partial charge is 1.00 e. The van der Waals surface area contributed by atoms with Crippen LogP contribution in [0.25, 0.3) is 0 Å². The summed E-state index contributed by atoms with van der Waals surface area (Å²) in [6.45, 7) is 0. The number of carboxylic acids is 2. The van der Waals surface area contributed by atoms with Crippen molar-refractivity contribution in [3.63, 3.8) is 0 Å². The Labute approximate surface area is 134 Å². The summed E-state index contributed by atoms with van der Waals surface area (Å²) < 4.78 is 0. The van der Waals surface area contributed by atoms with Gasteiger partial charge in [-0.25, -0.2) is 14.6 Å². The van der Waals surface area contributed by atoms with E-state index in [4.69, 9.17) is 10.2 Å². The average Bonchev–Trinajstić information content (AvgIpc) is 2.04. The predicted octanol–water partition coefficient (Wildman–Crippen LogP) is -2.41. The molecule has 0 unspecified atom stereocenters. The van der Waals surface area contributed by atoms with Crippen LogP contribution in [-0.2, 0) is 0 Å². The van der Waals surface area contributed by atoms with Gasteiger partial charge in [-0.1, -0.05) is 0 Å². The number of rotatable bonds is 2. The maximum atomic E-state index is 10.4. The SMILES string of the molecule is O=C(O)c1cccnc1C(=O)O.[Cs+].[H-]. The van der Waals surface area contributed by atoms with Gasteiger partial charge in [-0.3, -0.25) is 0 Å². The second-order valence-electron chi connectivity index (χ2n) is 2.01. The summed E-state index contributed by atoms with van der Waals surface area (Å²) in [7, 11) is 0. The molecule has 0 aliphatic heterocycles. The largest absolute Gasteiger partial charge is 1.00 e. The molecular weight excluding hydrogens is 295 g/mol. The number of aromatic carboxylic acids is 2. The third-order valence-electron chi connectivity index (χ3n) is 1.24. The molecule has 0 amide bonds. The van der Waals surface area contributed by atoms with Crippen molar-refractivity contribution < 1.29 is 90.1 Å². The van der Waals surface area contributed by atoms with E-state index in [0.29, 0.717) is 0 Å². The second kappa shape index (κ2) is 5.78. The van der Waals surface area contributed by atoms with Gasteiger partial charge in [0.15, 0.2) is 5.69 Å². The zero-order chi connectivity index (χ0) is 9.14. The van der Waals surface area contributed by atoms with Gasteiger partial charge in [-0.05, 0) is 12.1 Å². The molecule has 0 aliphatic rings. The quantitative estimate of drug-likeness (QED) is 0.635. The molecule has 0 bridgehead atoms. The first kappa shape index (κ1) is 13.1. The Kier molecular flexibility index (Phi) is 5.85. The summed E-state index contributed by atoms with van der Waals surface area (Å²) in [5.74, 6) is -2.63. The standard InChI is InChI=1S/C7H5NO4.Cs.H/c9-6(10)4-2-1-3-8-5(4)7(11)12;;/h1-3H,(H,9,10)(H,11,12);;/q;+1;-1. The summed E-state index contributed by atoms with van der Waals surface area (Å²) in [5, 5.41) is 17.0. The van der Waals surface area contributed by atoms with Gasteiger partial charge in [0.2, 0.25) is 0 Å². The van der Waals surface area contributed by atoms with Crippen LogP contribution in [0.2, 0.25) is 0 Å². The van der Waals surface area contributed by atoms with Crippen molar-refractivity contribution in [1.29, 1.82) is 0 Å². The minimum absolute atomic E-state index is 0. The fourth-order valence-corrected chi connectivity index (χ4v) is 0.748. The molecule has 6 heteroatoms. The number of nitrogens with zero attached hydrogens (tertiary/aromatic N) is 1. The van der Waals surface area contributed by atoms with Gasteiger partial charge in [-0.15, -0.1) is 0 Å². The summed E-state index contributed by atoms with van der Waals surface area (Å²) in [6.07, 6.45) is 1.23. The average molecular weight is 301 g/mol. The molecule has 0 atom stereocenters. The van der Waals surface area contributed by atoms with Crippen molar-refractivity contribution in [2.75, 3.05) is 0 Å². The Balaban J connectivity index is 0. The number of carboxylic acid groups (broad SMARTS) is 2. The molecule has 1 heterocycles. The van der Waals surface area contributed by atoms with Crippen molar-refractivity contribution in [3.05, 3.63) is 29.6 Å².